The maximum absolute atomic E-state index is 10.9. The molecule has 6 N–H and O–H groups in total. The van der Waals surface area contributed by atoms with E-state index in [2.05, 4.69) is 4.98 Å². The van der Waals surface area contributed by atoms with Gasteiger partial charge in [0.05, 0.1) is 6.61 Å². The average molecular weight is 448 g/mol. The zero-order chi connectivity index (χ0) is 22.2. The number of hydrogen-bond acceptors (Lipinski definition) is 8. The normalized spacial score (nSPS) is 28.7. The second-order valence-corrected chi connectivity index (χ2v) is 8.40. The summed E-state index contributed by atoms with van der Waals surface area (Å²) in [5.74, 6) is -2.43. The SMILES string of the molecule is CSc1ccc(Cc2c[nH]c3cccc(O[C@]4(O)[C@H](O)O[C@H](CO)[C@@H](O)[C@@H]4O)c23)cc1. The minimum Gasteiger partial charge on any atom is -0.454 e. The maximum Gasteiger partial charge on any atom is 0.288 e. The Kier molecular flexibility index (Phi) is 6.27. The summed E-state index contributed by atoms with van der Waals surface area (Å²) in [4.78, 5) is 4.33. The summed E-state index contributed by atoms with van der Waals surface area (Å²) in [7, 11) is 0. The van der Waals surface area contributed by atoms with Gasteiger partial charge in [0, 0.05) is 22.0 Å². The van der Waals surface area contributed by atoms with Gasteiger partial charge in [0.2, 0.25) is 6.29 Å². The van der Waals surface area contributed by atoms with Gasteiger partial charge in [-0.05, 0) is 48.1 Å². The predicted molar refractivity (Wildman–Crippen MR) is 115 cm³/mol. The molecule has 3 aromatic rings. The highest BCUT2D eigenvalue weighted by atomic mass is 32.2. The number of benzene rings is 2. The molecule has 2 heterocycles. The second-order valence-electron chi connectivity index (χ2n) is 7.52. The molecule has 0 spiro atoms. The molecule has 1 fully saturated rings. The number of aromatic nitrogens is 1. The van der Waals surface area contributed by atoms with E-state index < -0.39 is 37.0 Å². The number of aliphatic hydroxyl groups is 5. The summed E-state index contributed by atoms with van der Waals surface area (Å²) in [6.45, 7) is -0.641. The smallest absolute Gasteiger partial charge is 0.288 e. The first-order valence-corrected chi connectivity index (χ1v) is 11.0. The van der Waals surface area contributed by atoms with Crippen LogP contribution in [0.15, 0.2) is 53.6 Å². The number of H-pyrrole nitrogens is 1. The Balaban J connectivity index is 1.67. The number of aromatic amines is 1. The average Bonchev–Trinajstić information content (AvgIpc) is 3.19. The Morgan fingerprint density at radius 1 is 1.13 bits per heavy atom. The molecule has 9 heteroatoms. The number of rotatable bonds is 6. The maximum atomic E-state index is 10.9. The van der Waals surface area contributed by atoms with Gasteiger partial charge in [-0.2, -0.15) is 0 Å². The van der Waals surface area contributed by atoms with E-state index in [9.17, 15) is 25.5 Å². The lowest BCUT2D eigenvalue weighted by molar-refractivity contribution is -0.385. The third-order valence-corrected chi connectivity index (χ3v) is 6.29. The Morgan fingerprint density at radius 2 is 1.87 bits per heavy atom. The monoisotopic (exact) mass is 447 g/mol. The summed E-state index contributed by atoms with van der Waals surface area (Å²) in [6, 6.07) is 13.3. The fourth-order valence-corrected chi connectivity index (χ4v) is 4.19. The van der Waals surface area contributed by atoms with Gasteiger partial charge in [0.1, 0.15) is 18.0 Å². The zero-order valence-electron chi connectivity index (χ0n) is 16.8. The van der Waals surface area contributed by atoms with Crippen molar-refractivity contribution >= 4 is 22.7 Å². The Labute approximate surface area is 183 Å². The minimum atomic E-state index is -2.63. The summed E-state index contributed by atoms with van der Waals surface area (Å²) in [6.07, 6.45) is -2.37. The number of ether oxygens (including phenoxy) is 2. The van der Waals surface area contributed by atoms with E-state index >= 15 is 0 Å². The van der Waals surface area contributed by atoms with Crippen LogP contribution in [0, 0.1) is 0 Å². The van der Waals surface area contributed by atoms with Gasteiger partial charge in [-0.25, -0.2) is 0 Å². The summed E-state index contributed by atoms with van der Waals surface area (Å²) in [5.41, 5.74) is 2.71. The van der Waals surface area contributed by atoms with Crippen LogP contribution in [0.4, 0.5) is 0 Å². The molecule has 1 aliphatic rings. The molecule has 166 valence electrons. The minimum absolute atomic E-state index is 0.202. The quantitative estimate of drug-likeness (QED) is 0.243. The van der Waals surface area contributed by atoms with E-state index in [0.29, 0.717) is 11.8 Å². The van der Waals surface area contributed by atoms with Crippen LogP contribution in [0.1, 0.15) is 11.1 Å². The molecule has 0 aliphatic carbocycles. The summed E-state index contributed by atoms with van der Waals surface area (Å²) < 4.78 is 10.7. The molecule has 0 radical (unpaired) electrons. The van der Waals surface area contributed by atoms with Crippen LogP contribution >= 0.6 is 11.8 Å². The van der Waals surface area contributed by atoms with E-state index in [1.54, 1.807) is 23.9 Å². The van der Waals surface area contributed by atoms with Gasteiger partial charge >= 0.3 is 0 Å². The van der Waals surface area contributed by atoms with Gasteiger partial charge in [0.25, 0.3) is 5.79 Å². The van der Waals surface area contributed by atoms with E-state index in [1.165, 1.54) is 0 Å². The van der Waals surface area contributed by atoms with Gasteiger partial charge in [-0.3, -0.25) is 0 Å². The third kappa shape index (κ3) is 4.06. The molecule has 1 aliphatic heterocycles. The molecule has 0 bridgehead atoms. The van der Waals surface area contributed by atoms with Crippen molar-refractivity contribution in [2.24, 2.45) is 0 Å². The molecule has 2 aromatic carbocycles. The van der Waals surface area contributed by atoms with Crippen LogP contribution in [-0.2, 0) is 11.2 Å². The van der Waals surface area contributed by atoms with Crippen LogP contribution in [0.5, 0.6) is 5.75 Å². The van der Waals surface area contributed by atoms with E-state index in [4.69, 9.17) is 9.47 Å². The number of fused-ring (bicyclic) bond motifs is 1. The van der Waals surface area contributed by atoms with Crippen molar-refractivity contribution in [2.75, 3.05) is 12.9 Å². The van der Waals surface area contributed by atoms with Crippen molar-refractivity contribution < 1.29 is 35.0 Å². The topological polar surface area (TPSA) is 135 Å². The van der Waals surface area contributed by atoms with Crippen LogP contribution in [0.25, 0.3) is 10.9 Å². The summed E-state index contributed by atoms with van der Waals surface area (Å²) in [5, 5.41) is 51.6. The lowest BCUT2D eigenvalue weighted by Crippen LogP contribution is -2.69. The van der Waals surface area contributed by atoms with Gasteiger partial charge in [-0.1, -0.05) is 18.2 Å². The van der Waals surface area contributed by atoms with Gasteiger partial charge < -0.3 is 40.0 Å². The Hall–Kier alpha value is -2.11. The van der Waals surface area contributed by atoms with Crippen molar-refractivity contribution in [1.82, 2.24) is 4.98 Å². The van der Waals surface area contributed by atoms with Crippen molar-refractivity contribution in [1.29, 1.82) is 0 Å². The molecular weight excluding hydrogens is 422 g/mol. The van der Waals surface area contributed by atoms with Crippen LogP contribution < -0.4 is 4.74 Å². The molecule has 4 rings (SSSR count). The lowest BCUT2D eigenvalue weighted by atomic mass is 9.95. The molecule has 8 nitrogen and oxygen atoms in total. The Morgan fingerprint density at radius 3 is 2.55 bits per heavy atom. The highest BCUT2D eigenvalue weighted by Gasteiger charge is 2.57. The second kappa shape index (κ2) is 8.79. The third-order valence-electron chi connectivity index (χ3n) is 5.54. The van der Waals surface area contributed by atoms with Crippen molar-refractivity contribution in [3.8, 4) is 5.75 Å². The highest BCUT2D eigenvalue weighted by molar-refractivity contribution is 7.98. The molecular formula is C22H25NO7S. The molecule has 1 aromatic heterocycles. The lowest BCUT2D eigenvalue weighted by Gasteiger charge is -2.45. The van der Waals surface area contributed by atoms with E-state index in [-0.39, 0.29) is 5.75 Å². The molecule has 1 saturated heterocycles. The van der Waals surface area contributed by atoms with Crippen molar-refractivity contribution in [2.45, 2.75) is 41.7 Å². The number of thioether (sulfide) groups is 1. The molecule has 0 unspecified atom stereocenters. The fraction of sp³-hybridized carbons (Fsp3) is 0.364. The molecule has 31 heavy (non-hydrogen) atoms. The first kappa shape index (κ1) is 22.1. The first-order chi connectivity index (χ1) is 14.9. The highest BCUT2D eigenvalue weighted by Crippen LogP contribution is 2.36. The Bertz CT molecular complexity index is 1040. The van der Waals surface area contributed by atoms with Crippen molar-refractivity contribution in [3.05, 3.63) is 59.8 Å². The molecule has 0 amide bonds. The standard InChI is InChI=1S/C22H25NO7S/c1-31-14-7-5-12(6-8-14)9-13-10-23-15-3-2-4-16(18(13)15)30-22(28)20(26)19(25)17(11-24)29-21(22)27/h2-8,10,17,19-21,23-28H,9,11H2,1H3/t17-,19-,20+,21-,22+/m1/s1. The fourth-order valence-electron chi connectivity index (χ4n) is 3.78. The van der Waals surface area contributed by atoms with E-state index in [1.807, 2.05) is 42.8 Å². The van der Waals surface area contributed by atoms with Crippen molar-refractivity contribution in [3.63, 3.8) is 0 Å². The first-order valence-electron chi connectivity index (χ1n) is 9.81. The number of hydrogen-bond donors (Lipinski definition) is 6. The zero-order valence-corrected chi connectivity index (χ0v) is 17.6. The molecule has 0 saturated carbocycles. The van der Waals surface area contributed by atoms with Crippen LogP contribution in [0.2, 0.25) is 0 Å². The number of aliphatic hydroxyl groups excluding tert-OH is 4. The largest absolute Gasteiger partial charge is 0.454 e. The van der Waals surface area contributed by atoms with Gasteiger partial charge in [-0.15, -0.1) is 11.8 Å². The summed E-state index contributed by atoms with van der Waals surface area (Å²) >= 11 is 1.66. The number of nitrogens with one attached hydrogen (secondary N) is 1. The van der Waals surface area contributed by atoms with Crippen LogP contribution in [-0.4, -0.2) is 73.8 Å². The van der Waals surface area contributed by atoms with Crippen LogP contribution in [0.3, 0.4) is 0 Å². The predicted octanol–water partition coefficient (Wildman–Crippen LogP) is 0.979. The molecule has 5 atom stereocenters. The van der Waals surface area contributed by atoms with Gasteiger partial charge in [0.15, 0.2) is 6.10 Å². The van der Waals surface area contributed by atoms with E-state index in [0.717, 1.165) is 21.5 Å².